The number of ether oxygens (including phenoxy) is 1. The Kier molecular flexibility index (Phi) is 5.17. The first kappa shape index (κ1) is 17.5. The highest BCUT2D eigenvalue weighted by Gasteiger charge is 2.16. The molecule has 2 amide bonds. The molecule has 0 aliphatic heterocycles. The van der Waals surface area contributed by atoms with E-state index >= 15 is 0 Å². The summed E-state index contributed by atoms with van der Waals surface area (Å²) in [7, 11) is 0. The molecule has 0 spiro atoms. The monoisotopic (exact) mass is 355 g/mol. The van der Waals surface area contributed by atoms with Gasteiger partial charge >= 0.3 is 0 Å². The summed E-state index contributed by atoms with van der Waals surface area (Å²) < 4.78 is 18.3. The fraction of sp³-hybridized carbons (Fsp3) is 0.158. The van der Waals surface area contributed by atoms with Gasteiger partial charge in [-0.05, 0) is 42.8 Å². The number of amides is 2. The van der Waals surface area contributed by atoms with Crippen molar-refractivity contribution in [2.24, 2.45) is 0 Å². The third-order valence-corrected chi connectivity index (χ3v) is 3.85. The molecule has 7 heteroatoms. The van der Waals surface area contributed by atoms with Crippen molar-refractivity contribution in [2.45, 2.75) is 19.4 Å². The number of aromatic amines is 1. The Morgan fingerprint density at radius 3 is 2.62 bits per heavy atom. The zero-order chi connectivity index (χ0) is 18.5. The van der Waals surface area contributed by atoms with Gasteiger partial charge in [0.2, 0.25) is 5.91 Å². The number of benzene rings is 2. The third kappa shape index (κ3) is 4.18. The van der Waals surface area contributed by atoms with Crippen molar-refractivity contribution in [2.75, 3.05) is 0 Å². The molecule has 3 rings (SSSR count). The molecule has 0 saturated heterocycles. The molecule has 0 aliphatic carbocycles. The number of carbonyl (C=O) groups excluding carboxylic acids is 2. The quantitative estimate of drug-likeness (QED) is 0.615. The summed E-state index contributed by atoms with van der Waals surface area (Å²) in [6, 6.07) is 13.0. The Hall–Kier alpha value is -3.35. The highest BCUT2D eigenvalue weighted by Crippen LogP contribution is 2.18. The van der Waals surface area contributed by atoms with Gasteiger partial charge < -0.3 is 9.72 Å². The second-order valence-corrected chi connectivity index (χ2v) is 5.79. The van der Waals surface area contributed by atoms with Crippen molar-refractivity contribution in [1.29, 1.82) is 0 Å². The van der Waals surface area contributed by atoms with E-state index in [1.165, 1.54) is 31.2 Å². The van der Waals surface area contributed by atoms with Gasteiger partial charge in [0.05, 0.1) is 6.42 Å². The molecule has 1 aromatic heterocycles. The molecule has 2 aromatic carbocycles. The van der Waals surface area contributed by atoms with E-state index in [-0.39, 0.29) is 18.1 Å². The van der Waals surface area contributed by atoms with Gasteiger partial charge in [-0.25, -0.2) is 4.39 Å². The number of fused-ring (bicyclic) bond motifs is 1. The average molecular weight is 355 g/mol. The van der Waals surface area contributed by atoms with E-state index < -0.39 is 12.0 Å². The topological polar surface area (TPSA) is 83.2 Å². The van der Waals surface area contributed by atoms with Gasteiger partial charge in [0, 0.05) is 17.1 Å². The smallest absolute Gasteiger partial charge is 0.279 e. The zero-order valence-electron chi connectivity index (χ0n) is 14.1. The molecular weight excluding hydrogens is 337 g/mol. The van der Waals surface area contributed by atoms with Crippen molar-refractivity contribution >= 4 is 22.7 Å². The minimum absolute atomic E-state index is 0.123. The number of halogens is 1. The normalized spacial score (nSPS) is 11.8. The summed E-state index contributed by atoms with van der Waals surface area (Å²) in [6.07, 6.45) is 1.04. The molecule has 1 atom stereocenters. The number of rotatable bonds is 5. The number of hydrazine groups is 1. The number of hydrogen-bond donors (Lipinski definition) is 3. The van der Waals surface area contributed by atoms with E-state index in [0.29, 0.717) is 5.75 Å². The Morgan fingerprint density at radius 2 is 1.85 bits per heavy atom. The lowest BCUT2D eigenvalue weighted by Crippen LogP contribution is -2.47. The van der Waals surface area contributed by atoms with Crippen LogP contribution >= 0.6 is 0 Å². The molecule has 0 aliphatic rings. The summed E-state index contributed by atoms with van der Waals surface area (Å²) in [5.41, 5.74) is 6.48. The molecule has 26 heavy (non-hydrogen) atoms. The molecular formula is C19H18FN3O3. The average Bonchev–Trinajstić information content (AvgIpc) is 3.04. The van der Waals surface area contributed by atoms with Gasteiger partial charge in [0.25, 0.3) is 5.91 Å². The third-order valence-electron chi connectivity index (χ3n) is 3.85. The fourth-order valence-electron chi connectivity index (χ4n) is 2.50. The van der Waals surface area contributed by atoms with Crippen LogP contribution in [0.4, 0.5) is 4.39 Å². The number of hydrogen-bond acceptors (Lipinski definition) is 3. The van der Waals surface area contributed by atoms with Gasteiger partial charge in [-0.3, -0.25) is 20.4 Å². The van der Waals surface area contributed by atoms with Gasteiger partial charge in [-0.15, -0.1) is 0 Å². The summed E-state index contributed by atoms with van der Waals surface area (Å²) in [6.45, 7) is 1.53. The Labute approximate surface area is 149 Å². The first-order valence-electron chi connectivity index (χ1n) is 8.09. The summed E-state index contributed by atoms with van der Waals surface area (Å²) >= 11 is 0. The Bertz CT molecular complexity index is 921. The summed E-state index contributed by atoms with van der Waals surface area (Å²) in [5.74, 6) is -0.892. The highest BCUT2D eigenvalue weighted by molar-refractivity contribution is 5.90. The first-order valence-corrected chi connectivity index (χ1v) is 8.09. The molecule has 0 radical (unpaired) electrons. The van der Waals surface area contributed by atoms with Crippen molar-refractivity contribution < 1.29 is 18.7 Å². The lowest BCUT2D eigenvalue weighted by Gasteiger charge is -2.15. The van der Waals surface area contributed by atoms with E-state index in [1.807, 2.05) is 24.3 Å². The van der Waals surface area contributed by atoms with E-state index in [0.717, 1.165) is 16.5 Å². The van der Waals surface area contributed by atoms with Crippen LogP contribution in [0.2, 0.25) is 0 Å². The summed E-state index contributed by atoms with van der Waals surface area (Å²) in [4.78, 5) is 27.2. The van der Waals surface area contributed by atoms with Crippen LogP contribution in [-0.2, 0) is 16.0 Å². The SMILES string of the molecule is CC(Oc1ccc(F)cc1)C(=O)NNC(=O)Cc1c[nH]c2ccccc12. The number of carbonyl (C=O) groups is 2. The van der Waals surface area contributed by atoms with Crippen molar-refractivity contribution in [1.82, 2.24) is 15.8 Å². The number of H-pyrrole nitrogens is 1. The summed E-state index contributed by atoms with van der Waals surface area (Å²) in [5, 5.41) is 0.960. The minimum atomic E-state index is -0.853. The fourth-order valence-corrected chi connectivity index (χ4v) is 2.50. The van der Waals surface area contributed by atoms with Crippen LogP contribution in [0.25, 0.3) is 10.9 Å². The van der Waals surface area contributed by atoms with Crippen LogP contribution in [0.15, 0.2) is 54.7 Å². The van der Waals surface area contributed by atoms with E-state index in [1.54, 1.807) is 6.20 Å². The molecule has 134 valence electrons. The minimum Gasteiger partial charge on any atom is -0.481 e. The predicted octanol–water partition coefficient (Wildman–Crippen LogP) is 2.46. The largest absolute Gasteiger partial charge is 0.481 e. The van der Waals surface area contributed by atoms with E-state index in [4.69, 9.17) is 4.74 Å². The number of nitrogens with one attached hydrogen (secondary N) is 3. The maximum Gasteiger partial charge on any atom is 0.279 e. The second-order valence-electron chi connectivity index (χ2n) is 5.79. The van der Waals surface area contributed by atoms with Crippen molar-refractivity contribution in [3.63, 3.8) is 0 Å². The molecule has 6 nitrogen and oxygen atoms in total. The molecule has 0 bridgehead atoms. The second kappa shape index (κ2) is 7.69. The van der Waals surface area contributed by atoms with Crippen LogP contribution in [0, 0.1) is 5.82 Å². The maximum absolute atomic E-state index is 12.9. The molecule has 3 aromatic rings. The Morgan fingerprint density at radius 1 is 1.12 bits per heavy atom. The zero-order valence-corrected chi connectivity index (χ0v) is 14.1. The van der Waals surface area contributed by atoms with Crippen LogP contribution in [0.5, 0.6) is 5.75 Å². The molecule has 1 unspecified atom stereocenters. The van der Waals surface area contributed by atoms with Crippen LogP contribution < -0.4 is 15.6 Å². The predicted molar refractivity (Wildman–Crippen MR) is 94.8 cm³/mol. The molecule has 1 heterocycles. The molecule has 0 fully saturated rings. The number of para-hydroxylation sites is 1. The first-order chi connectivity index (χ1) is 12.5. The van der Waals surface area contributed by atoms with Gasteiger partial charge in [0.1, 0.15) is 11.6 Å². The highest BCUT2D eigenvalue weighted by atomic mass is 19.1. The molecule has 3 N–H and O–H groups in total. The van der Waals surface area contributed by atoms with Crippen LogP contribution in [0.1, 0.15) is 12.5 Å². The van der Waals surface area contributed by atoms with Crippen molar-refractivity contribution in [3.05, 3.63) is 66.1 Å². The lowest BCUT2D eigenvalue weighted by molar-refractivity contribution is -0.132. The molecule has 0 saturated carbocycles. The van der Waals surface area contributed by atoms with Gasteiger partial charge in [-0.2, -0.15) is 0 Å². The van der Waals surface area contributed by atoms with Crippen LogP contribution in [0.3, 0.4) is 0 Å². The number of aromatic nitrogens is 1. The lowest BCUT2D eigenvalue weighted by atomic mass is 10.1. The maximum atomic E-state index is 12.9. The van der Waals surface area contributed by atoms with E-state index in [2.05, 4.69) is 15.8 Å². The standard InChI is InChI=1S/C19H18FN3O3/c1-12(26-15-8-6-14(20)7-9-15)19(25)23-22-18(24)10-13-11-21-17-5-3-2-4-16(13)17/h2-9,11-12,21H,10H2,1H3,(H,22,24)(H,23,25). The van der Waals surface area contributed by atoms with Crippen LogP contribution in [-0.4, -0.2) is 22.9 Å². The van der Waals surface area contributed by atoms with Gasteiger partial charge in [0.15, 0.2) is 6.10 Å². The van der Waals surface area contributed by atoms with Crippen molar-refractivity contribution in [3.8, 4) is 5.75 Å². The Balaban J connectivity index is 1.50. The van der Waals surface area contributed by atoms with E-state index in [9.17, 15) is 14.0 Å². The van der Waals surface area contributed by atoms with Gasteiger partial charge in [-0.1, -0.05) is 18.2 Å².